The molecule has 3 rings (SSSR count). The Morgan fingerprint density at radius 1 is 1.24 bits per heavy atom. The van der Waals surface area contributed by atoms with Gasteiger partial charge in [-0.1, -0.05) is 0 Å². The molecule has 4 nitrogen and oxygen atoms in total. The molecule has 0 aromatic heterocycles. The molecule has 1 saturated carbocycles. The Kier molecular flexibility index (Phi) is 4.29. The van der Waals surface area contributed by atoms with Gasteiger partial charge in [0.1, 0.15) is 0 Å². The highest BCUT2D eigenvalue weighted by atomic mass is 32.2. The minimum absolute atomic E-state index is 0.0960. The molecule has 114 valence electrons. The van der Waals surface area contributed by atoms with Gasteiger partial charge in [-0.2, -0.15) is 11.8 Å². The molecule has 1 heterocycles. The number of nitrogens with one attached hydrogen (secondary N) is 2. The number of amides is 1. The van der Waals surface area contributed by atoms with Gasteiger partial charge in [0.15, 0.2) is 0 Å². The predicted molar refractivity (Wildman–Crippen MR) is 91.0 cm³/mol. The Balaban J connectivity index is 1.71. The molecular formula is C16H23N3OS. The topological polar surface area (TPSA) is 67.1 Å². The number of carbonyl (C=O) groups excluding carboxylic acids is 1. The van der Waals surface area contributed by atoms with Gasteiger partial charge in [0.2, 0.25) is 5.91 Å². The number of benzene rings is 1. The number of aryl methyl sites for hydroxylation is 1. The molecule has 1 aliphatic heterocycles. The maximum atomic E-state index is 11.5. The van der Waals surface area contributed by atoms with Crippen molar-refractivity contribution in [3.05, 3.63) is 17.7 Å². The summed E-state index contributed by atoms with van der Waals surface area (Å²) in [5.74, 6) is 0.0960. The molecule has 4 N–H and O–H groups in total. The predicted octanol–water partition coefficient (Wildman–Crippen LogP) is 3.24. The van der Waals surface area contributed by atoms with E-state index < -0.39 is 0 Å². The smallest absolute Gasteiger partial charge is 0.224 e. The van der Waals surface area contributed by atoms with Gasteiger partial charge in [0.25, 0.3) is 0 Å². The van der Waals surface area contributed by atoms with E-state index in [2.05, 4.69) is 16.9 Å². The average Bonchev–Trinajstić information content (AvgIpc) is 2.49. The average molecular weight is 305 g/mol. The molecular weight excluding hydrogens is 282 g/mol. The number of carbonyl (C=O) groups is 1. The van der Waals surface area contributed by atoms with E-state index in [0.29, 0.717) is 12.5 Å². The number of nitrogen functional groups attached to an aromatic ring is 1. The first kappa shape index (κ1) is 14.6. The van der Waals surface area contributed by atoms with E-state index in [4.69, 9.17) is 5.73 Å². The molecule has 2 aliphatic rings. The lowest BCUT2D eigenvalue weighted by Gasteiger charge is -2.30. The third-order valence-corrected chi connectivity index (χ3v) is 5.68. The van der Waals surface area contributed by atoms with E-state index in [-0.39, 0.29) is 5.91 Å². The van der Waals surface area contributed by atoms with Crippen molar-refractivity contribution < 1.29 is 4.79 Å². The van der Waals surface area contributed by atoms with Crippen molar-refractivity contribution in [1.82, 2.24) is 0 Å². The van der Waals surface area contributed by atoms with Crippen molar-refractivity contribution >= 4 is 34.7 Å². The van der Waals surface area contributed by atoms with Crippen molar-refractivity contribution in [2.24, 2.45) is 0 Å². The van der Waals surface area contributed by atoms with E-state index in [0.717, 1.165) is 34.3 Å². The number of anilines is 3. The molecule has 0 unspecified atom stereocenters. The van der Waals surface area contributed by atoms with Crippen LogP contribution in [0.2, 0.25) is 0 Å². The molecule has 1 amide bonds. The molecule has 1 aliphatic carbocycles. The van der Waals surface area contributed by atoms with Gasteiger partial charge in [0, 0.05) is 23.4 Å². The monoisotopic (exact) mass is 305 g/mol. The maximum absolute atomic E-state index is 11.5. The maximum Gasteiger partial charge on any atom is 0.224 e. The SMILES string of the molecule is CSC1CCC(Nc2cc3c(cc2N)CCC(=O)N3)CC1. The molecule has 1 fully saturated rings. The van der Waals surface area contributed by atoms with Crippen molar-refractivity contribution in [3.8, 4) is 0 Å². The lowest BCUT2D eigenvalue weighted by atomic mass is 9.94. The Morgan fingerprint density at radius 3 is 2.71 bits per heavy atom. The van der Waals surface area contributed by atoms with Crippen LogP contribution in [0.5, 0.6) is 0 Å². The number of thioether (sulfide) groups is 1. The molecule has 5 heteroatoms. The Labute approximate surface area is 130 Å². The molecule has 0 atom stereocenters. The number of rotatable bonds is 3. The Bertz CT molecular complexity index is 539. The van der Waals surface area contributed by atoms with Crippen LogP contribution in [0.15, 0.2) is 12.1 Å². The summed E-state index contributed by atoms with van der Waals surface area (Å²) < 4.78 is 0. The van der Waals surface area contributed by atoms with Crippen LogP contribution in [0.4, 0.5) is 17.1 Å². The van der Waals surface area contributed by atoms with E-state index in [9.17, 15) is 4.79 Å². The second kappa shape index (κ2) is 6.18. The zero-order valence-corrected chi connectivity index (χ0v) is 13.3. The highest BCUT2D eigenvalue weighted by Crippen LogP contribution is 2.34. The number of fused-ring (bicyclic) bond motifs is 1. The molecule has 0 radical (unpaired) electrons. The second-order valence-corrected chi connectivity index (χ2v) is 7.14. The molecule has 0 saturated heterocycles. The van der Waals surface area contributed by atoms with Gasteiger partial charge in [-0.15, -0.1) is 0 Å². The minimum Gasteiger partial charge on any atom is -0.397 e. The summed E-state index contributed by atoms with van der Waals surface area (Å²) in [6.45, 7) is 0. The van der Waals surface area contributed by atoms with Gasteiger partial charge >= 0.3 is 0 Å². The first-order valence-electron chi connectivity index (χ1n) is 7.67. The summed E-state index contributed by atoms with van der Waals surface area (Å²) in [4.78, 5) is 11.5. The van der Waals surface area contributed by atoms with Crippen LogP contribution in [0, 0.1) is 0 Å². The van der Waals surface area contributed by atoms with Crippen LogP contribution in [-0.4, -0.2) is 23.5 Å². The first-order chi connectivity index (χ1) is 10.2. The zero-order valence-electron chi connectivity index (χ0n) is 12.4. The summed E-state index contributed by atoms with van der Waals surface area (Å²) in [6.07, 6.45) is 8.44. The third kappa shape index (κ3) is 3.28. The number of hydrogen-bond acceptors (Lipinski definition) is 4. The third-order valence-electron chi connectivity index (χ3n) is 4.54. The summed E-state index contributed by atoms with van der Waals surface area (Å²) >= 11 is 1.98. The van der Waals surface area contributed by atoms with Crippen LogP contribution >= 0.6 is 11.8 Å². The second-order valence-electron chi connectivity index (χ2n) is 6.00. The number of hydrogen-bond donors (Lipinski definition) is 3. The van der Waals surface area contributed by atoms with E-state index in [1.54, 1.807) is 0 Å². The van der Waals surface area contributed by atoms with Crippen molar-refractivity contribution in [3.63, 3.8) is 0 Å². The molecule has 0 spiro atoms. The van der Waals surface area contributed by atoms with Crippen molar-refractivity contribution in [2.75, 3.05) is 22.6 Å². The summed E-state index contributed by atoms with van der Waals surface area (Å²) in [5.41, 5.74) is 9.98. The molecule has 1 aromatic rings. The van der Waals surface area contributed by atoms with Gasteiger partial charge in [-0.3, -0.25) is 4.79 Å². The number of nitrogens with two attached hydrogens (primary N) is 1. The lowest BCUT2D eigenvalue weighted by Crippen LogP contribution is -2.27. The highest BCUT2D eigenvalue weighted by molar-refractivity contribution is 7.99. The van der Waals surface area contributed by atoms with Crippen LogP contribution in [0.3, 0.4) is 0 Å². The van der Waals surface area contributed by atoms with Crippen LogP contribution in [0.25, 0.3) is 0 Å². The van der Waals surface area contributed by atoms with E-state index >= 15 is 0 Å². The van der Waals surface area contributed by atoms with Gasteiger partial charge < -0.3 is 16.4 Å². The fourth-order valence-corrected chi connectivity index (χ4v) is 3.98. The van der Waals surface area contributed by atoms with E-state index in [1.165, 1.54) is 25.7 Å². The Hall–Kier alpha value is -1.36. The minimum atomic E-state index is 0.0960. The van der Waals surface area contributed by atoms with Gasteiger partial charge in [0.05, 0.1) is 11.4 Å². The zero-order chi connectivity index (χ0) is 14.8. The normalized spacial score (nSPS) is 25.1. The molecule has 21 heavy (non-hydrogen) atoms. The first-order valence-corrected chi connectivity index (χ1v) is 8.96. The molecule has 1 aromatic carbocycles. The highest BCUT2D eigenvalue weighted by Gasteiger charge is 2.22. The van der Waals surface area contributed by atoms with Gasteiger partial charge in [-0.25, -0.2) is 0 Å². The summed E-state index contributed by atoms with van der Waals surface area (Å²) in [5, 5.41) is 7.32. The van der Waals surface area contributed by atoms with Crippen LogP contribution in [0.1, 0.15) is 37.7 Å². The largest absolute Gasteiger partial charge is 0.397 e. The fourth-order valence-electron chi connectivity index (χ4n) is 3.24. The van der Waals surface area contributed by atoms with Gasteiger partial charge in [-0.05, 0) is 56.1 Å². The van der Waals surface area contributed by atoms with Crippen molar-refractivity contribution in [1.29, 1.82) is 0 Å². The van der Waals surface area contributed by atoms with Crippen LogP contribution in [-0.2, 0) is 11.2 Å². The fraction of sp³-hybridized carbons (Fsp3) is 0.562. The molecule has 0 bridgehead atoms. The van der Waals surface area contributed by atoms with E-state index in [1.807, 2.05) is 23.9 Å². The van der Waals surface area contributed by atoms with Crippen LogP contribution < -0.4 is 16.4 Å². The standard InChI is InChI=1S/C16H23N3OS/c1-21-12-5-3-11(4-6-12)18-15-9-14-10(8-13(15)17)2-7-16(20)19-14/h8-9,11-12,18H,2-7,17H2,1H3,(H,19,20). The quantitative estimate of drug-likeness (QED) is 0.750. The summed E-state index contributed by atoms with van der Waals surface area (Å²) in [7, 11) is 0. The van der Waals surface area contributed by atoms with Crippen molar-refractivity contribution in [2.45, 2.75) is 49.8 Å². The lowest BCUT2D eigenvalue weighted by molar-refractivity contribution is -0.116. The Morgan fingerprint density at radius 2 is 2.00 bits per heavy atom. The summed E-state index contributed by atoms with van der Waals surface area (Å²) in [6, 6.07) is 4.50.